The van der Waals surface area contributed by atoms with Crippen LogP contribution in [-0.2, 0) is 6.54 Å². The summed E-state index contributed by atoms with van der Waals surface area (Å²) in [6.07, 6.45) is 0. The van der Waals surface area contributed by atoms with Crippen molar-refractivity contribution >= 4 is 17.3 Å². The van der Waals surface area contributed by atoms with Gasteiger partial charge in [0.15, 0.2) is 0 Å². The number of nitrogens with zero attached hydrogens (tertiary/aromatic N) is 1. The zero-order valence-electron chi connectivity index (χ0n) is 10.4. The minimum atomic E-state index is 0.835. The van der Waals surface area contributed by atoms with E-state index in [2.05, 4.69) is 37.1 Å². The van der Waals surface area contributed by atoms with Gasteiger partial charge in [-0.2, -0.15) is 0 Å². The van der Waals surface area contributed by atoms with Crippen LogP contribution in [-0.4, -0.2) is 19.6 Å². The van der Waals surface area contributed by atoms with E-state index in [4.69, 9.17) is 11.6 Å². The molecule has 0 saturated carbocycles. The third kappa shape index (κ3) is 3.13. The lowest BCUT2D eigenvalue weighted by molar-refractivity contribution is 0.721. The fourth-order valence-corrected chi connectivity index (χ4v) is 2.07. The Balaban J connectivity index is 3.01. The molecule has 1 N–H and O–H groups in total. The lowest BCUT2D eigenvalue weighted by atomic mass is 10.1. The Kier molecular flexibility index (Phi) is 5.64. The van der Waals surface area contributed by atoms with Crippen molar-refractivity contribution in [2.45, 2.75) is 27.3 Å². The first-order valence-electron chi connectivity index (χ1n) is 5.97. The molecule has 0 atom stereocenters. The monoisotopic (exact) mass is 240 g/mol. The molecule has 0 saturated heterocycles. The molecule has 0 spiro atoms. The first-order valence-corrected chi connectivity index (χ1v) is 6.35. The molecule has 1 aromatic rings. The molecular formula is C13H21ClN2. The lowest BCUT2D eigenvalue weighted by Gasteiger charge is -2.25. The van der Waals surface area contributed by atoms with Gasteiger partial charge in [0.25, 0.3) is 0 Å². The summed E-state index contributed by atoms with van der Waals surface area (Å²) in [7, 11) is 0. The van der Waals surface area contributed by atoms with Gasteiger partial charge in [0.2, 0.25) is 0 Å². The molecule has 0 unspecified atom stereocenters. The average Bonchev–Trinajstić information content (AvgIpc) is 2.30. The van der Waals surface area contributed by atoms with Crippen LogP contribution in [0.2, 0.25) is 5.02 Å². The zero-order valence-corrected chi connectivity index (χ0v) is 11.1. The highest BCUT2D eigenvalue weighted by Gasteiger charge is 2.10. The van der Waals surface area contributed by atoms with Crippen LogP contribution < -0.4 is 10.2 Å². The first kappa shape index (κ1) is 13.3. The van der Waals surface area contributed by atoms with Gasteiger partial charge < -0.3 is 10.2 Å². The van der Waals surface area contributed by atoms with Gasteiger partial charge in [-0.3, -0.25) is 0 Å². The number of anilines is 1. The van der Waals surface area contributed by atoms with E-state index < -0.39 is 0 Å². The van der Waals surface area contributed by atoms with E-state index in [1.54, 1.807) is 0 Å². The smallest absolute Gasteiger partial charge is 0.0471 e. The van der Waals surface area contributed by atoms with Crippen LogP contribution in [0.15, 0.2) is 18.2 Å². The third-order valence-corrected chi connectivity index (χ3v) is 3.10. The summed E-state index contributed by atoms with van der Waals surface area (Å²) in [5.41, 5.74) is 2.45. The number of halogens is 1. The minimum absolute atomic E-state index is 0.835. The van der Waals surface area contributed by atoms with Crippen molar-refractivity contribution in [3.05, 3.63) is 28.8 Å². The van der Waals surface area contributed by atoms with Gasteiger partial charge in [0.05, 0.1) is 0 Å². The van der Waals surface area contributed by atoms with Crippen LogP contribution in [0.1, 0.15) is 26.3 Å². The van der Waals surface area contributed by atoms with Crippen LogP contribution in [0, 0.1) is 0 Å². The standard InChI is InChI=1S/C13H21ClN2/c1-4-15-10-11-12(14)8-7-9-13(11)16(5-2)6-3/h7-9,15H,4-6,10H2,1-3H3. The number of benzene rings is 1. The molecule has 0 amide bonds. The van der Waals surface area contributed by atoms with Crippen LogP contribution in [0.3, 0.4) is 0 Å². The van der Waals surface area contributed by atoms with Gasteiger partial charge in [0.1, 0.15) is 0 Å². The highest BCUT2D eigenvalue weighted by Crippen LogP contribution is 2.27. The summed E-state index contributed by atoms with van der Waals surface area (Å²) in [5.74, 6) is 0. The normalized spacial score (nSPS) is 10.5. The summed E-state index contributed by atoms with van der Waals surface area (Å²) < 4.78 is 0. The summed E-state index contributed by atoms with van der Waals surface area (Å²) in [6.45, 7) is 10.3. The maximum Gasteiger partial charge on any atom is 0.0471 e. The molecule has 1 aromatic carbocycles. The van der Waals surface area contributed by atoms with Crippen molar-refractivity contribution in [3.63, 3.8) is 0 Å². The topological polar surface area (TPSA) is 15.3 Å². The van der Waals surface area contributed by atoms with E-state index in [0.29, 0.717) is 0 Å². The second-order valence-electron chi connectivity index (χ2n) is 3.69. The van der Waals surface area contributed by atoms with Gasteiger partial charge in [-0.05, 0) is 32.5 Å². The fraction of sp³-hybridized carbons (Fsp3) is 0.538. The predicted octanol–water partition coefficient (Wildman–Crippen LogP) is 3.30. The maximum absolute atomic E-state index is 6.26. The van der Waals surface area contributed by atoms with E-state index in [-0.39, 0.29) is 0 Å². The Morgan fingerprint density at radius 2 is 1.88 bits per heavy atom. The quantitative estimate of drug-likeness (QED) is 0.821. The van der Waals surface area contributed by atoms with Gasteiger partial charge in [0, 0.05) is 35.9 Å². The molecule has 2 nitrogen and oxygen atoms in total. The molecule has 0 radical (unpaired) electrons. The fourth-order valence-electron chi connectivity index (χ4n) is 1.83. The van der Waals surface area contributed by atoms with E-state index in [0.717, 1.165) is 31.2 Å². The van der Waals surface area contributed by atoms with Gasteiger partial charge in [-0.1, -0.05) is 24.6 Å². The van der Waals surface area contributed by atoms with Gasteiger partial charge in [-0.15, -0.1) is 0 Å². The Bertz CT molecular complexity index is 322. The molecule has 0 aromatic heterocycles. The number of rotatable bonds is 6. The molecule has 0 fully saturated rings. The minimum Gasteiger partial charge on any atom is -0.372 e. The average molecular weight is 241 g/mol. The second-order valence-corrected chi connectivity index (χ2v) is 4.10. The van der Waals surface area contributed by atoms with E-state index >= 15 is 0 Å². The Morgan fingerprint density at radius 1 is 1.19 bits per heavy atom. The van der Waals surface area contributed by atoms with E-state index in [1.165, 1.54) is 11.3 Å². The molecule has 3 heteroatoms. The van der Waals surface area contributed by atoms with Gasteiger partial charge >= 0.3 is 0 Å². The Morgan fingerprint density at radius 3 is 2.44 bits per heavy atom. The summed E-state index contributed by atoms with van der Waals surface area (Å²) in [6, 6.07) is 6.12. The summed E-state index contributed by atoms with van der Waals surface area (Å²) >= 11 is 6.26. The summed E-state index contributed by atoms with van der Waals surface area (Å²) in [4.78, 5) is 2.33. The molecule has 0 aliphatic rings. The molecule has 90 valence electrons. The molecular weight excluding hydrogens is 220 g/mol. The van der Waals surface area contributed by atoms with Crippen molar-refractivity contribution in [1.29, 1.82) is 0 Å². The van der Waals surface area contributed by atoms with Crippen LogP contribution >= 0.6 is 11.6 Å². The molecule has 1 rings (SSSR count). The number of nitrogens with one attached hydrogen (secondary N) is 1. The second kappa shape index (κ2) is 6.77. The molecule has 0 aliphatic heterocycles. The first-order chi connectivity index (χ1) is 7.74. The highest BCUT2D eigenvalue weighted by molar-refractivity contribution is 6.31. The Hall–Kier alpha value is -0.730. The van der Waals surface area contributed by atoms with Crippen molar-refractivity contribution in [1.82, 2.24) is 5.32 Å². The third-order valence-electron chi connectivity index (χ3n) is 2.75. The number of hydrogen-bond acceptors (Lipinski definition) is 2. The van der Waals surface area contributed by atoms with E-state index in [9.17, 15) is 0 Å². The highest BCUT2D eigenvalue weighted by atomic mass is 35.5. The van der Waals surface area contributed by atoms with Crippen molar-refractivity contribution in [2.24, 2.45) is 0 Å². The molecule has 16 heavy (non-hydrogen) atoms. The maximum atomic E-state index is 6.26. The van der Waals surface area contributed by atoms with Crippen LogP contribution in [0.4, 0.5) is 5.69 Å². The van der Waals surface area contributed by atoms with Crippen molar-refractivity contribution < 1.29 is 0 Å². The van der Waals surface area contributed by atoms with Crippen LogP contribution in [0.25, 0.3) is 0 Å². The van der Waals surface area contributed by atoms with Crippen molar-refractivity contribution in [2.75, 3.05) is 24.5 Å². The summed E-state index contributed by atoms with van der Waals surface area (Å²) in [5, 5.41) is 4.19. The lowest BCUT2D eigenvalue weighted by Crippen LogP contribution is -2.24. The zero-order chi connectivity index (χ0) is 12.0. The number of hydrogen-bond donors (Lipinski definition) is 1. The van der Waals surface area contributed by atoms with Crippen molar-refractivity contribution in [3.8, 4) is 0 Å². The SMILES string of the molecule is CCNCc1c(Cl)cccc1N(CC)CC. The largest absolute Gasteiger partial charge is 0.372 e. The van der Waals surface area contributed by atoms with Crippen LogP contribution in [0.5, 0.6) is 0 Å². The predicted molar refractivity (Wildman–Crippen MR) is 72.4 cm³/mol. The van der Waals surface area contributed by atoms with E-state index in [1.807, 2.05) is 12.1 Å². The Labute approximate surface area is 104 Å². The molecule has 0 aliphatic carbocycles. The molecule has 0 heterocycles. The molecule has 0 bridgehead atoms. The van der Waals surface area contributed by atoms with Gasteiger partial charge in [-0.25, -0.2) is 0 Å².